The van der Waals surface area contributed by atoms with Gasteiger partial charge in [0.05, 0.1) is 5.69 Å². The number of rotatable bonds is 5. The molecule has 1 N–H and O–H groups in total. The predicted octanol–water partition coefficient (Wildman–Crippen LogP) is 1.85. The largest absolute Gasteiger partial charge is 0.348 e. The Balaban J connectivity index is 2.84. The summed E-state index contributed by atoms with van der Waals surface area (Å²) in [5, 5.41) is 11.9. The van der Waals surface area contributed by atoms with Crippen LogP contribution in [0.4, 0.5) is 0 Å². The molecule has 4 nitrogen and oxygen atoms in total. The van der Waals surface area contributed by atoms with E-state index in [-0.39, 0.29) is 0 Å². The van der Waals surface area contributed by atoms with Crippen molar-refractivity contribution in [1.82, 2.24) is 14.5 Å². The first-order valence-corrected chi connectivity index (χ1v) is 5.32. The molecule has 1 aromatic heterocycles. The van der Waals surface area contributed by atoms with Gasteiger partial charge in [-0.2, -0.15) is 0 Å². The van der Waals surface area contributed by atoms with E-state index in [2.05, 4.69) is 22.7 Å². The second-order valence-corrected chi connectivity index (χ2v) is 3.77. The molecule has 5 heteroatoms. The maximum Gasteiger partial charge on any atom is 0.142 e. The number of aryl methyl sites for hydroxylation is 1. The second kappa shape index (κ2) is 5.41. The van der Waals surface area contributed by atoms with Crippen LogP contribution in [0.25, 0.3) is 0 Å². The molecule has 0 aliphatic carbocycles. The highest BCUT2D eigenvalue weighted by molar-refractivity contribution is 7.08. The van der Waals surface area contributed by atoms with Gasteiger partial charge in [-0.25, -0.2) is 0 Å². The Hall–Kier alpha value is -1.49. The molecule has 0 radical (unpaired) electrons. The number of nitrogens with zero attached hydrogens (tertiary/aromatic N) is 3. The first kappa shape index (κ1) is 11.6. The standard InChI is InChI=1S/C10H14N4S/c1-4-6-14(7-5-2)10(11)9-8(3)12-13-15-9/h4-5,11H,1-2,6-7H2,3H3. The van der Waals surface area contributed by atoms with Gasteiger partial charge in [-0.1, -0.05) is 16.6 Å². The first-order valence-electron chi connectivity index (χ1n) is 4.55. The molecular formula is C10H14N4S. The number of hydrogen-bond donors (Lipinski definition) is 1. The normalized spacial score (nSPS) is 9.67. The molecular weight excluding hydrogens is 208 g/mol. The average molecular weight is 222 g/mol. The number of hydrogen-bond acceptors (Lipinski definition) is 4. The Bertz CT molecular complexity index is 359. The van der Waals surface area contributed by atoms with Gasteiger partial charge < -0.3 is 4.90 Å². The van der Waals surface area contributed by atoms with Crippen LogP contribution in [0, 0.1) is 12.3 Å². The molecule has 0 aliphatic rings. The lowest BCUT2D eigenvalue weighted by Gasteiger charge is -2.20. The van der Waals surface area contributed by atoms with Gasteiger partial charge in [0, 0.05) is 13.1 Å². The van der Waals surface area contributed by atoms with Crippen LogP contribution in [-0.2, 0) is 0 Å². The van der Waals surface area contributed by atoms with Crippen LogP contribution in [-0.4, -0.2) is 33.4 Å². The SMILES string of the molecule is C=CCN(CC=C)C(=N)c1snnc1C. The van der Waals surface area contributed by atoms with Gasteiger partial charge in [-0.05, 0) is 18.5 Å². The predicted molar refractivity (Wildman–Crippen MR) is 63.4 cm³/mol. The van der Waals surface area contributed by atoms with Gasteiger partial charge >= 0.3 is 0 Å². The third-order valence-corrected chi connectivity index (χ3v) is 2.72. The van der Waals surface area contributed by atoms with Crippen LogP contribution in [0.1, 0.15) is 10.6 Å². The van der Waals surface area contributed by atoms with Gasteiger partial charge in [0.25, 0.3) is 0 Å². The van der Waals surface area contributed by atoms with Gasteiger partial charge in [-0.15, -0.1) is 18.3 Å². The molecule has 0 bridgehead atoms. The second-order valence-electron chi connectivity index (χ2n) is 3.02. The van der Waals surface area contributed by atoms with E-state index < -0.39 is 0 Å². The summed E-state index contributed by atoms with van der Waals surface area (Å²) >= 11 is 1.24. The number of aromatic nitrogens is 2. The molecule has 0 aromatic carbocycles. The number of nitrogens with one attached hydrogen (secondary N) is 1. The maximum absolute atomic E-state index is 8.01. The molecule has 0 fully saturated rings. The molecule has 1 aromatic rings. The lowest BCUT2D eigenvalue weighted by molar-refractivity contribution is 0.512. The fraction of sp³-hybridized carbons (Fsp3) is 0.300. The highest BCUT2D eigenvalue weighted by Gasteiger charge is 2.14. The molecule has 80 valence electrons. The Morgan fingerprint density at radius 2 is 2.07 bits per heavy atom. The highest BCUT2D eigenvalue weighted by atomic mass is 32.1. The molecule has 15 heavy (non-hydrogen) atoms. The fourth-order valence-electron chi connectivity index (χ4n) is 1.16. The molecule has 0 spiro atoms. The van der Waals surface area contributed by atoms with E-state index in [1.165, 1.54) is 11.5 Å². The van der Waals surface area contributed by atoms with Crippen molar-refractivity contribution in [3.8, 4) is 0 Å². The Kier molecular flexibility index (Phi) is 4.17. The van der Waals surface area contributed by atoms with Gasteiger partial charge in [0.15, 0.2) is 0 Å². The molecule has 0 atom stereocenters. The average Bonchev–Trinajstić information content (AvgIpc) is 2.63. The van der Waals surface area contributed by atoms with E-state index >= 15 is 0 Å². The topological polar surface area (TPSA) is 52.9 Å². The highest BCUT2D eigenvalue weighted by Crippen LogP contribution is 2.12. The van der Waals surface area contributed by atoms with Crippen LogP contribution in [0.15, 0.2) is 25.3 Å². The fourth-order valence-corrected chi connectivity index (χ4v) is 1.79. The smallest absolute Gasteiger partial charge is 0.142 e. The molecule has 0 saturated carbocycles. The van der Waals surface area contributed by atoms with Crippen LogP contribution in [0.2, 0.25) is 0 Å². The van der Waals surface area contributed by atoms with E-state index in [1.807, 2.05) is 11.8 Å². The molecule has 0 amide bonds. The zero-order valence-electron chi connectivity index (χ0n) is 8.73. The minimum absolute atomic E-state index is 0.433. The van der Waals surface area contributed by atoms with E-state index in [9.17, 15) is 0 Å². The zero-order chi connectivity index (χ0) is 11.3. The van der Waals surface area contributed by atoms with Crippen molar-refractivity contribution < 1.29 is 0 Å². The van der Waals surface area contributed by atoms with Crippen molar-refractivity contribution in [1.29, 1.82) is 5.41 Å². The van der Waals surface area contributed by atoms with Gasteiger partial charge in [0.1, 0.15) is 10.7 Å². The summed E-state index contributed by atoms with van der Waals surface area (Å²) < 4.78 is 3.82. The van der Waals surface area contributed by atoms with Crippen molar-refractivity contribution in [2.45, 2.75) is 6.92 Å². The summed E-state index contributed by atoms with van der Waals surface area (Å²) in [6, 6.07) is 0. The van der Waals surface area contributed by atoms with E-state index in [1.54, 1.807) is 12.2 Å². The third kappa shape index (κ3) is 2.73. The summed E-state index contributed by atoms with van der Waals surface area (Å²) in [6.07, 6.45) is 3.53. The van der Waals surface area contributed by atoms with Gasteiger partial charge in [0.2, 0.25) is 0 Å². The van der Waals surface area contributed by atoms with E-state index in [4.69, 9.17) is 5.41 Å². The van der Waals surface area contributed by atoms with E-state index in [0.717, 1.165) is 10.6 Å². The first-order chi connectivity index (χ1) is 7.20. The molecule has 1 rings (SSSR count). The third-order valence-electron chi connectivity index (χ3n) is 1.88. The monoisotopic (exact) mass is 222 g/mol. The molecule has 0 aliphatic heterocycles. The minimum Gasteiger partial charge on any atom is -0.348 e. The van der Waals surface area contributed by atoms with Crippen molar-refractivity contribution in [2.75, 3.05) is 13.1 Å². The summed E-state index contributed by atoms with van der Waals surface area (Å²) in [5.74, 6) is 0.433. The maximum atomic E-state index is 8.01. The van der Waals surface area contributed by atoms with Crippen LogP contribution in [0.5, 0.6) is 0 Å². The van der Waals surface area contributed by atoms with Crippen LogP contribution in [0.3, 0.4) is 0 Å². The zero-order valence-corrected chi connectivity index (χ0v) is 9.55. The quantitative estimate of drug-likeness (QED) is 0.470. The minimum atomic E-state index is 0.433. The Morgan fingerprint density at radius 1 is 1.47 bits per heavy atom. The molecule has 0 saturated heterocycles. The summed E-state index contributed by atoms with van der Waals surface area (Å²) in [6.45, 7) is 10.4. The number of amidine groups is 1. The van der Waals surface area contributed by atoms with Crippen molar-refractivity contribution in [3.05, 3.63) is 35.9 Å². The van der Waals surface area contributed by atoms with Crippen LogP contribution >= 0.6 is 11.5 Å². The summed E-state index contributed by atoms with van der Waals surface area (Å²) in [7, 11) is 0. The Labute approximate surface area is 93.6 Å². The van der Waals surface area contributed by atoms with Crippen molar-refractivity contribution in [2.24, 2.45) is 0 Å². The lowest BCUT2D eigenvalue weighted by atomic mass is 10.3. The van der Waals surface area contributed by atoms with E-state index in [0.29, 0.717) is 18.9 Å². The molecule has 0 unspecified atom stereocenters. The molecule has 1 heterocycles. The van der Waals surface area contributed by atoms with Gasteiger partial charge in [-0.3, -0.25) is 5.41 Å². The lowest BCUT2D eigenvalue weighted by Crippen LogP contribution is -2.31. The Morgan fingerprint density at radius 3 is 2.47 bits per heavy atom. The van der Waals surface area contributed by atoms with Crippen LogP contribution < -0.4 is 0 Å². The summed E-state index contributed by atoms with van der Waals surface area (Å²) in [5.41, 5.74) is 0.795. The summed E-state index contributed by atoms with van der Waals surface area (Å²) in [4.78, 5) is 2.67. The van der Waals surface area contributed by atoms with Crippen molar-refractivity contribution in [3.63, 3.8) is 0 Å². The van der Waals surface area contributed by atoms with Crippen molar-refractivity contribution >= 4 is 17.4 Å².